The van der Waals surface area contributed by atoms with Crippen molar-refractivity contribution in [2.45, 2.75) is 24.9 Å². The normalized spacial score (nSPS) is 19.9. The Morgan fingerprint density at radius 2 is 2.10 bits per heavy atom. The average molecular weight is 291 g/mol. The van der Waals surface area contributed by atoms with Crippen LogP contribution in [0.5, 0.6) is 11.5 Å². The van der Waals surface area contributed by atoms with Crippen LogP contribution >= 0.6 is 0 Å². The lowest BCUT2D eigenvalue weighted by molar-refractivity contribution is -0.00526. The Labute approximate surface area is 122 Å². The van der Waals surface area contributed by atoms with Crippen LogP contribution in [0, 0.1) is 0 Å². The summed E-state index contributed by atoms with van der Waals surface area (Å²) in [4.78, 5) is 24.7. The monoisotopic (exact) mass is 291 g/mol. The van der Waals surface area contributed by atoms with Gasteiger partial charge >= 0.3 is 6.09 Å². The first-order chi connectivity index (χ1) is 10.0. The van der Waals surface area contributed by atoms with Gasteiger partial charge in [-0.3, -0.25) is 4.79 Å². The molecule has 2 aliphatic rings. The van der Waals surface area contributed by atoms with E-state index in [2.05, 4.69) is 0 Å². The number of ether oxygens (including phenoxy) is 2. The number of benzene rings is 1. The van der Waals surface area contributed by atoms with Crippen LogP contribution in [-0.4, -0.2) is 47.7 Å². The second-order valence-corrected chi connectivity index (χ2v) is 5.52. The van der Waals surface area contributed by atoms with Crippen LogP contribution in [0.3, 0.4) is 0 Å². The summed E-state index contributed by atoms with van der Waals surface area (Å²) < 4.78 is 11.2. The van der Waals surface area contributed by atoms with Crippen molar-refractivity contribution in [3.05, 3.63) is 23.8 Å². The standard InChI is InChI=1S/C15H17NO5/c1-20-10-2-3-13-11(8-10)12(17)9-15(21-13)4-6-16(7-5-15)14(18)19/h2-3,8H,4-7,9H2,1H3,(H,18,19). The summed E-state index contributed by atoms with van der Waals surface area (Å²) in [6.45, 7) is 0.794. The highest BCUT2D eigenvalue weighted by atomic mass is 16.5. The molecule has 0 saturated carbocycles. The molecule has 1 spiro atoms. The van der Waals surface area contributed by atoms with Gasteiger partial charge in [0.1, 0.15) is 17.1 Å². The summed E-state index contributed by atoms with van der Waals surface area (Å²) in [6, 6.07) is 5.20. The molecule has 2 aliphatic heterocycles. The molecule has 6 heteroatoms. The number of hydrogen-bond donors (Lipinski definition) is 1. The lowest BCUT2D eigenvalue weighted by Gasteiger charge is -2.43. The summed E-state index contributed by atoms with van der Waals surface area (Å²) in [5, 5.41) is 9.00. The first kappa shape index (κ1) is 13.7. The predicted molar refractivity (Wildman–Crippen MR) is 74.1 cm³/mol. The molecule has 0 atom stereocenters. The van der Waals surface area contributed by atoms with E-state index in [1.807, 2.05) is 0 Å². The van der Waals surface area contributed by atoms with E-state index < -0.39 is 11.7 Å². The van der Waals surface area contributed by atoms with Crippen LogP contribution in [0.25, 0.3) is 0 Å². The molecular weight excluding hydrogens is 274 g/mol. The number of amides is 1. The topological polar surface area (TPSA) is 76.1 Å². The Morgan fingerprint density at radius 3 is 2.71 bits per heavy atom. The third kappa shape index (κ3) is 2.41. The maximum Gasteiger partial charge on any atom is 0.407 e. The number of nitrogens with zero attached hydrogens (tertiary/aromatic N) is 1. The molecule has 0 aliphatic carbocycles. The van der Waals surface area contributed by atoms with Crippen molar-refractivity contribution in [1.29, 1.82) is 0 Å². The quantitative estimate of drug-likeness (QED) is 0.858. The van der Waals surface area contributed by atoms with Crippen LogP contribution in [0.15, 0.2) is 18.2 Å². The lowest BCUT2D eigenvalue weighted by Crippen LogP contribution is -2.52. The fourth-order valence-corrected chi connectivity index (χ4v) is 2.98. The van der Waals surface area contributed by atoms with Crippen molar-refractivity contribution >= 4 is 11.9 Å². The average Bonchev–Trinajstić information content (AvgIpc) is 2.47. The van der Waals surface area contributed by atoms with Gasteiger partial charge in [-0.2, -0.15) is 0 Å². The third-order valence-electron chi connectivity index (χ3n) is 4.24. The highest BCUT2D eigenvalue weighted by Crippen LogP contribution is 2.40. The van der Waals surface area contributed by atoms with Crippen molar-refractivity contribution < 1.29 is 24.2 Å². The molecule has 1 amide bonds. The number of carbonyl (C=O) groups excluding carboxylic acids is 1. The third-order valence-corrected chi connectivity index (χ3v) is 4.24. The molecule has 0 radical (unpaired) electrons. The number of ketones is 1. The van der Waals surface area contributed by atoms with Gasteiger partial charge < -0.3 is 19.5 Å². The minimum Gasteiger partial charge on any atom is -0.497 e. The molecule has 1 fully saturated rings. The number of fused-ring (bicyclic) bond motifs is 1. The van der Waals surface area contributed by atoms with Gasteiger partial charge in [0, 0.05) is 25.9 Å². The molecule has 3 rings (SSSR count). The molecule has 1 aromatic carbocycles. The van der Waals surface area contributed by atoms with Crippen molar-refractivity contribution in [2.75, 3.05) is 20.2 Å². The van der Waals surface area contributed by atoms with Crippen LogP contribution in [0.2, 0.25) is 0 Å². The molecule has 21 heavy (non-hydrogen) atoms. The Balaban J connectivity index is 1.83. The highest BCUT2D eigenvalue weighted by molar-refractivity contribution is 6.00. The number of likely N-dealkylation sites (tertiary alicyclic amines) is 1. The lowest BCUT2D eigenvalue weighted by atomic mass is 9.82. The zero-order valence-electron chi connectivity index (χ0n) is 11.8. The van der Waals surface area contributed by atoms with E-state index in [4.69, 9.17) is 14.6 Å². The van der Waals surface area contributed by atoms with E-state index in [1.54, 1.807) is 25.3 Å². The maximum absolute atomic E-state index is 12.4. The van der Waals surface area contributed by atoms with Gasteiger partial charge in [0.05, 0.1) is 19.1 Å². The molecule has 1 saturated heterocycles. The number of methoxy groups -OCH3 is 1. The van der Waals surface area contributed by atoms with Crippen LogP contribution in [-0.2, 0) is 0 Å². The fraction of sp³-hybridized carbons (Fsp3) is 0.467. The first-order valence-electron chi connectivity index (χ1n) is 6.91. The van der Waals surface area contributed by atoms with Crippen LogP contribution in [0.4, 0.5) is 4.79 Å². The van der Waals surface area contributed by atoms with Crippen molar-refractivity contribution in [1.82, 2.24) is 4.90 Å². The minimum atomic E-state index is -0.919. The SMILES string of the molecule is COc1ccc2c(c1)C(=O)CC1(CCN(C(=O)O)CC1)O2. The molecule has 1 aromatic rings. The molecule has 6 nitrogen and oxygen atoms in total. The van der Waals surface area contributed by atoms with Crippen LogP contribution in [0.1, 0.15) is 29.6 Å². The summed E-state index contributed by atoms with van der Waals surface area (Å²) in [5.41, 5.74) is -0.0226. The number of carbonyl (C=O) groups is 2. The van der Waals surface area contributed by atoms with Gasteiger partial charge in [0.25, 0.3) is 0 Å². The van der Waals surface area contributed by atoms with E-state index in [-0.39, 0.29) is 5.78 Å². The largest absolute Gasteiger partial charge is 0.497 e. The minimum absolute atomic E-state index is 0.0268. The van der Waals surface area contributed by atoms with E-state index in [0.29, 0.717) is 49.4 Å². The van der Waals surface area contributed by atoms with Gasteiger partial charge in [0.2, 0.25) is 0 Å². The molecule has 0 unspecified atom stereocenters. The molecule has 0 bridgehead atoms. The molecule has 0 aromatic heterocycles. The van der Waals surface area contributed by atoms with Crippen molar-refractivity contribution in [2.24, 2.45) is 0 Å². The number of rotatable bonds is 1. The summed E-state index contributed by atoms with van der Waals surface area (Å²) >= 11 is 0. The number of piperidine rings is 1. The Bertz CT molecular complexity index is 590. The Kier molecular flexibility index (Phi) is 3.23. The maximum atomic E-state index is 12.4. The molecule has 1 N–H and O–H groups in total. The molecule has 112 valence electrons. The van der Waals surface area contributed by atoms with Gasteiger partial charge in [0.15, 0.2) is 5.78 Å². The van der Waals surface area contributed by atoms with Gasteiger partial charge in [-0.05, 0) is 18.2 Å². The molecular formula is C15H17NO5. The van der Waals surface area contributed by atoms with Gasteiger partial charge in [-0.1, -0.05) is 0 Å². The summed E-state index contributed by atoms with van der Waals surface area (Å²) in [7, 11) is 1.55. The Hall–Kier alpha value is -2.24. The second-order valence-electron chi connectivity index (χ2n) is 5.52. The zero-order valence-corrected chi connectivity index (χ0v) is 11.8. The highest BCUT2D eigenvalue weighted by Gasteiger charge is 2.43. The van der Waals surface area contributed by atoms with Crippen molar-refractivity contribution in [3.8, 4) is 11.5 Å². The van der Waals surface area contributed by atoms with Crippen LogP contribution < -0.4 is 9.47 Å². The number of carboxylic acid groups (broad SMARTS) is 1. The van der Waals surface area contributed by atoms with Gasteiger partial charge in [-0.15, -0.1) is 0 Å². The predicted octanol–water partition coefficient (Wildman–Crippen LogP) is 2.17. The van der Waals surface area contributed by atoms with E-state index in [9.17, 15) is 9.59 Å². The summed E-state index contributed by atoms with van der Waals surface area (Å²) in [6.07, 6.45) is 0.449. The zero-order chi connectivity index (χ0) is 15.0. The Morgan fingerprint density at radius 1 is 1.38 bits per heavy atom. The smallest absolute Gasteiger partial charge is 0.407 e. The second kappa shape index (κ2) is 4.95. The van der Waals surface area contributed by atoms with E-state index >= 15 is 0 Å². The van der Waals surface area contributed by atoms with Crippen molar-refractivity contribution in [3.63, 3.8) is 0 Å². The van der Waals surface area contributed by atoms with E-state index in [1.165, 1.54) is 4.90 Å². The number of hydrogen-bond acceptors (Lipinski definition) is 4. The summed E-state index contributed by atoms with van der Waals surface area (Å²) in [5.74, 6) is 1.22. The van der Waals surface area contributed by atoms with E-state index in [0.717, 1.165) is 0 Å². The van der Waals surface area contributed by atoms with Gasteiger partial charge in [-0.25, -0.2) is 4.79 Å². The molecule has 2 heterocycles. The fourth-order valence-electron chi connectivity index (χ4n) is 2.98. The number of Topliss-reactive ketones (excluding diaryl/α,β-unsaturated/α-hetero) is 1. The first-order valence-corrected chi connectivity index (χ1v) is 6.91.